The maximum atomic E-state index is 5.85. The summed E-state index contributed by atoms with van der Waals surface area (Å²) in [7, 11) is 3.39. The molecule has 3 aromatic carbocycles. The molecular formula is C32H44O4. The lowest BCUT2D eigenvalue weighted by atomic mass is 9.87. The molecule has 0 aliphatic heterocycles. The van der Waals surface area contributed by atoms with Gasteiger partial charge in [0, 0.05) is 14.2 Å². The first-order valence-electron chi connectivity index (χ1n) is 12.8. The number of benzene rings is 3. The Morgan fingerprint density at radius 1 is 0.722 bits per heavy atom. The van der Waals surface area contributed by atoms with E-state index in [9.17, 15) is 0 Å². The van der Waals surface area contributed by atoms with E-state index in [0.717, 1.165) is 29.9 Å². The van der Waals surface area contributed by atoms with Crippen molar-refractivity contribution in [3.05, 3.63) is 94.5 Å². The lowest BCUT2D eigenvalue weighted by molar-refractivity contribution is 0.145. The topological polar surface area (TPSA) is 36.9 Å². The number of rotatable bonds is 11. The molecule has 0 fully saturated rings. The molecule has 0 saturated carbocycles. The Morgan fingerprint density at radius 3 is 2.03 bits per heavy atom. The molecule has 4 heteroatoms. The summed E-state index contributed by atoms with van der Waals surface area (Å²) < 4.78 is 21.6. The first kappa shape index (κ1) is 29.4. The van der Waals surface area contributed by atoms with Gasteiger partial charge < -0.3 is 18.9 Å². The number of ether oxygens (including phenoxy) is 4. The second-order valence-corrected chi connectivity index (χ2v) is 10.0. The molecule has 0 aliphatic rings. The van der Waals surface area contributed by atoms with E-state index < -0.39 is 0 Å². The first-order chi connectivity index (χ1) is 17.3. The van der Waals surface area contributed by atoms with E-state index in [4.69, 9.17) is 18.9 Å². The summed E-state index contributed by atoms with van der Waals surface area (Å²) in [6, 6.07) is 23.0. The number of hydrogen-bond donors (Lipinski definition) is 0. The van der Waals surface area contributed by atoms with Crippen LogP contribution >= 0.6 is 0 Å². The highest BCUT2D eigenvalue weighted by molar-refractivity contribution is 5.37. The molecule has 0 bridgehead atoms. The third kappa shape index (κ3) is 10.4. The van der Waals surface area contributed by atoms with Crippen molar-refractivity contribution in [1.82, 2.24) is 0 Å². The van der Waals surface area contributed by atoms with E-state index >= 15 is 0 Å². The fourth-order valence-corrected chi connectivity index (χ4v) is 3.74. The van der Waals surface area contributed by atoms with Gasteiger partial charge in [-0.15, -0.1) is 0 Å². The molecule has 0 atom stereocenters. The van der Waals surface area contributed by atoms with E-state index in [2.05, 4.69) is 83.1 Å². The maximum Gasteiger partial charge on any atom is 0.122 e. The number of aryl methyl sites for hydroxylation is 2. The van der Waals surface area contributed by atoms with Gasteiger partial charge in [0.15, 0.2) is 0 Å². The molecule has 0 amide bonds. The van der Waals surface area contributed by atoms with Crippen LogP contribution < -0.4 is 9.47 Å². The van der Waals surface area contributed by atoms with Crippen molar-refractivity contribution in [1.29, 1.82) is 0 Å². The fraction of sp³-hybridized carbons (Fsp3) is 0.438. The molecule has 0 unspecified atom stereocenters. The van der Waals surface area contributed by atoms with Crippen LogP contribution in [-0.2, 0) is 34.5 Å². The molecular weight excluding hydrogens is 448 g/mol. The van der Waals surface area contributed by atoms with Gasteiger partial charge in [0.05, 0.1) is 13.2 Å². The third-order valence-electron chi connectivity index (χ3n) is 5.71. The molecule has 0 N–H and O–H groups in total. The van der Waals surface area contributed by atoms with Crippen molar-refractivity contribution in [3.8, 4) is 11.5 Å². The van der Waals surface area contributed by atoms with Gasteiger partial charge in [0.1, 0.15) is 24.7 Å². The Kier molecular flexibility index (Phi) is 12.5. The molecule has 0 saturated heterocycles. The van der Waals surface area contributed by atoms with E-state index in [0.29, 0.717) is 26.4 Å². The van der Waals surface area contributed by atoms with Gasteiger partial charge in [-0.1, -0.05) is 88.2 Å². The van der Waals surface area contributed by atoms with Crippen molar-refractivity contribution in [2.24, 2.45) is 0 Å². The smallest absolute Gasteiger partial charge is 0.122 e. The zero-order chi connectivity index (χ0) is 26.4. The lowest BCUT2D eigenvalue weighted by Gasteiger charge is -2.19. The van der Waals surface area contributed by atoms with Crippen molar-refractivity contribution in [3.63, 3.8) is 0 Å². The Balaban J connectivity index is 0.000000269. The Morgan fingerprint density at radius 2 is 1.42 bits per heavy atom. The molecule has 0 radical (unpaired) electrons. The minimum Gasteiger partial charge on any atom is -0.491 e. The van der Waals surface area contributed by atoms with Gasteiger partial charge in [-0.25, -0.2) is 0 Å². The zero-order valence-corrected chi connectivity index (χ0v) is 23.2. The SMILES string of the molecule is CCCc1cc(C)ccc1OCCOC.COCc1cccc(COc2ccc(C(C)(C)C)cc2)c1. The largest absolute Gasteiger partial charge is 0.491 e. The standard InChI is InChI=1S/C19H24O2.C13H20O2/c1-19(2,3)17-8-10-18(11-9-17)21-14-16-7-5-6-15(12-16)13-20-4;1-4-5-12-10-11(2)6-7-13(12)15-9-8-14-3/h5-12H,13-14H2,1-4H3;6-7,10H,4-5,8-9H2,1-3H3. The molecule has 4 nitrogen and oxygen atoms in total. The van der Waals surface area contributed by atoms with Gasteiger partial charge in [-0.05, 0) is 59.2 Å². The summed E-state index contributed by atoms with van der Waals surface area (Å²) >= 11 is 0. The van der Waals surface area contributed by atoms with Crippen LogP contribution in [0.2, 0.25) is 0 Å². The van der Waals surface area contributed by atoms with Crippen LogP contribution in [0, 0.1) is 6.92 Å². The highest BCUT2D eigenvalue weighted by atomic mass is 16.5. The lowest BCUT2D eigenvalue weighted by Crippen LogP contribution is -2.10. The second-order valence-electron chi connectivity index (χ2n) is 10.0. The Hall–Kier alpha value is -2.82. The third-order valence-corrected chi connectivity index (χ3v) is 5.71. The van der Waals surface area contributed by atoms with Crippen LogP contribution in [0.25, 0.3) is 0 Å². The summed E-state index contributed by atoms with van der Waals surface area (Å²) in [5.41, 5.74) is 6.40. The zero-order valence-electron chi connectivity index (χ0n) is 23.2. The van der Waals surface area contributed by atoms with Gasteiger partial charge >= 0.3 is 0 Å². The monoisotopic (exact) mass is 492 g/mol. The van der Waals surface area contributed by atoms with Gasteiger partial charge in [-0.2, -0.15) is 0 Å². The van der Waals surface area contributed by atoms with Crippen LogP contribution in [0.15, 0.2) is 66.7 Å². The van der Waals surface area contributed by atoms with Crippen LogP contribution in [0.4, 0.5) is 0 Å². The van der Waals surface area contributed by atoms with E-state index in [1.54, 1.807) is 14.2 Å². The van der Waals surface area contributed by atoms with E-state index in [1.165, 1.54) is 22.3 Å². The number of methoxy groups -OCH3 is 2. The van der Waals surface area contributed by atoms with Crippen molar-refractivity contribution in [2.75, 3.05) is 27.4 Å². The summed E-state index contributed by atoms with van der Waals surface area (Å²) in [5.74, 6) is 1.90. The normalized spacial score (nSPS) is 11.0. The molecule has 0 aliphatic carbocycles. The maximum absolute atomic E-state index is 5.85. The average Bonchev–Trinajstić information content (AvgIpc) is 2.85. The summed E-state index contributed by atoms with van der Waals surface area (Å²) in [6.45, 7) is 13.4. The summed E-state index contributed by atoms with van der Waals surface area (Å²) in [5, 5.41) is 0. The minimum atomic E-state index is 0.174. The Bertz CT molecular complexity index is 1020. The molecule has 36 heavy (non-hydrogen) atoms. The number of hydrogen-bond acceptors (Lipinski definition) is 4. The van der Waals surface area contributed by atoms with Gasteiger partial charge in [0.25, 0.3) is 0 Å². The fourth-order valence-electron chi connectivity index (χ4n) is 3.74. The molecule has 3 rings (SSSR count). The molecule has 0 heterocycles. The van der Waals surface area contributed by atoms with Crippen LogP contribution in [-0.4, -0.2) is 27.4 Å². The molecule has 0 spiro atoms. The van der Waals surface area contributed by atoms with Crippen molar-refractivity contribution in [2.45, 2.75) is 66.1 Å². The van der Waals surface area contributed by atoms with Gasteiger partial charge in [-0.3, -0.25) is 0 Å². The van der Waals surface area contributed by atoms with Crippen LogP contribution in [0.5, 0.6) is 11.5 Å². The van der Waals surface area contributed by atoms with E-state index in [1.807, 2.05) is 18.2 Å². The van der Waals surface area contributed by atoms with E-state index in [-0.39, 0.29) is 5.41 Å². The van der Waals surface area contributed by atoms with Gasteiger partial charge in [0.2, 0.25) is 0 Å². The second kappa shape index (κ2) is 15.3. The first-order valence-corrected chi connectivity index (χ1v) is 12.8. The van der Waals surface area contributed by atoms with Crippen molar-refractivity contribution < 1.29 is 18.9 Å². The van der Waals surface area contributed by atoms with Crippen molar-refractivity contribution >= 4 is 0 Å². The Labute approximate surface area is 218 Å². The predicted molar refractivity (Wildman–Crippen MR) is 149 cm³/mol. The highest BCUT2D eigenvalue weighted by Gasteiger charge is 2.13. The minimum absolute atomic E-state index is 0.174. The quantitative estimate of drug-likeness (QED) is 0.257. The average molecular weight is 493 g/mol. The predicted octanol–water partition coefficient (Wildman–Crippen LogP) is 7.68. The van der Waals surface area contributed by atoms with Crippen LogP contribution in [0.3, 0.4) is 0 Å². The summed E-state index contributed by atoms with van der Waals surface area (Å²) in [6.07, 6.45) is 2.22. The highest BCUT2D eigenvalue weighted by Crippen LogP contribution is 2.25. The molecule has 196 valence electrons. The van der Waals surface area contributed by atoms with Crippen LogP contribution in [0.1, 0.15) is 61.9 Å². The molecule has 3 aromatic rings. The summed E-state index contributed by atoms with van der Waals surface area (Å²) in [4.78, 5) is 0. The molecule has 0 aromatic heterocycles.